The van der Waals surface area contributed by atoms with E-state index >= 15 is 0 Å². The number of hydrogen-bond acceptors (Lipinski definition) is 3. The van der Waals surface area contributed by atoms with Crippen molar-refractivity contribution < 1.29 is 8.78 Å². The van der Waals surface area contributed by atoms with Crippen molar-refractivity contribution >= 4 is 22.9 Å². The molecule has 1 aliphatic heterocycles. The van der Waals surface area contributed by atoms with Gasteiger partial charge in [0.1, 0.15) is 10.7 Å². The fourth-order valence-electron chi connectivity index (χ4n) is 2.16. The first kappa shape index (κ1) is 11.6. The quantitative estimate of drug-likeness (QED) is 0.800. The first-order valence-corrected chi connectivity index (χ1v) is 6.04. The second kappa shape index (κ2) is 4.05. The van der Waals surface area contributed by atoms with Crippen LogP contribution < -0.4 is 4.90 Å². The summed E-state index contributed by atoms with van der Waals surface area (Å²) in [4.78, 5) is 10.1. The SMILES string of the molecule is FC1(F)CCN(c2nc(Cl)cn3cncc23)CC1. The Balaban J connectivity index is 1.97. The summed E-state index contributed by atoms with van der Waals surface area (Å²) in [7, 11) is 0. The molecule has 3 rings (SSSR count). The highest BCUT2D eigenvalue weighted by molar-refractivity contribution is 6.29. The molecule has 4 nitrogen and oxygen atoms in total. The third-order valence-electron chi connectivity index (χ3n) is 3.15. The lowest BCUT2D eigenvalue weighted by atomic mass is 10.1. The summed E-state index contributed by atoms with van der Waals surface area (Å²) in [6, 6.07) is 0. The number of alkyl halides is 2. The van der Waals surface area contributed by atoms with E-state index in [4.69, 9.17) is 11.6 Å². The Bertz CT molecular complexity index is 573. The molecule has 0 amide bonds. The second-order valence-electron chi connectivity index (χ2n) is 4.42. The third kappa shape index (κ3) is 2.01. The summed E-state index contributed by atoms with van der Waals surface area (Å²) in [5.41, 5.74) is 0.782. The van der Waals surface area contributed by atoms with Gasteiger partial charge in [-0.25, -0.2) is 18.7 Å². The molecule has 1 fully saturated rings. The summed E-state index contributed by atoms with van der Waals surface area (Å²) in [6.07, 6.45) is 4.62. The third-order valence-corrected chi connectivity index (χ3v) is 3.33. The minimum atomic E-state index is -2.56. The lowest BCUT2D eigenvalue weighted by molar-refractivity contribution is -0.0221. The van der Waals surface area contributed by atoms with Crippen molar-refractivity contribution in [2.24, 2.45) is 0 Å². The Morgan fingerprint density at radius 3 is 2.72 bits per heavy atom. The average molecular weight is 273 g/mol. The van der Waals surface area contributed by atoms with E-state index in [1.54, 1.807) is 23.1 Å². The molecule has 96 valence electrons. The molecule has 18 heavy (non-hydrogen) atoms. The predicted octanol–water partition coefficient (Wildman–Crippen LogP) is 2.62. The molecule has 2 aromatic rings. The highest BCUT2D eigenvalue weighted by Gasteiger charge is 2.34. The van der Waals surface area contributed by atoms with Gasteiger partial charge >= 0.3 is 0 Å². The van der Waals surface area contributed by atoms with Crippen LogP contribution in [-0.4, -0.2) is 33.4 Å². The maximum absolute atomic E-state index is 13.1. The van der Waals surface area contributed by atoms with Crippen molar-refractivity contribution in [2.45, 2.75) is 18.8 Å². The van der Waals surface area contributed by atoms with E-state index in [-0.39, 0.29) is 25.9 Å². The Morgan fingerprint density at radius 2 is 2.00 bits per heavy atom. The van der Waals surface area contributed by atoms with Crippen LogP contribution in [0.25, 0.3) is 5.52 Å². The van der Waals surface area contributed by atoms with Crippen LogP contribution in [0.3, 0.4) is 0 Å². The summed E-state index contributed by atoms with van der Waals surface area (Å²) >= 11 is 5.92. The lowest BCUT2D eigenvalue weighted by Gasteiger charge is -2.32. The summed E-state index contributed by atoms with van der Waals surface area (Å²) < 4.78 is 28.0. The normalized spacial score (nSPS) is 19.4. The smallest absolute Gasteiger partial charge is 0.251 e. The minimum absolute atomic E-state index is 0.151. The largest absolute Gasteiger partial charge is 0.354 e. The summed E-state index contributed by atoms with van der Waals surface area (Å²) in [5.74, 6) is -1.94. The van der Waals surface area contributed by atoms with Gasteiger partial charge in [-0.2, -0.15) is 0 Å². The van der Waals surface area contributed by atoms with Crippen molar-refractivity contribution in [2.75, 3.05) is 18.0 Å². The van der Waals surface area contributed by atoms with E-state index in [1.807, 2.05) is 4.90 Å². The van der Waals surface area contributed by atoms with E-state index in [0.717, 1.165) is 5.52 Å². The average Bonchev–Trinajstić information content (AvgIpc) is 2.76. The molecular weight excluding hydrogens is 262 g/mol. The van der Waals surface area contributed by atoms with Gasteiger partial charge in [-0.05, 0) is 0 Å². The Hall–Kier alpha value is -1.43. The molecule has 3 heterocycles. The van der Waals surface area contributed by atoms with Crippen LogP contribution in [0.15, 0.2) is 18.7 Å². The van der Waals surface area contributed by atoms with Crippen molar-refractivity contribution in [1.82, 2.24) is 14.4 Å². The van der Waals surface area contributed by atoms with Gasteiger partial charge in [-0.3, -0.25) is 4.40 Å². The minimum Gasteiger partial charge on any atom is -0.354 e. The van der Waals surface area contributed by atoms with E-state index < -0.39 is 5.92 Å². The molecular formula is C11H11ClF2N4. The molecule has 0 radical (unpaired) electrons. The molecule has 0 atom stereocenters. The zero-order chi connectivity index (χ0) is 12.8. The van der Waals surface area contributed by atoms with Gasteiger partial charge in [-0.15, -0.1) is 0 Å². The number of anilines is 1. The molecule has 2 aromatic heterocycles. The fourth-order valence-corrected chi connectivity index (χ4v) is 2.35. The van der Waals surface area contributed by atoms with Crippen LogP contribution in [0.2, 0.25) is 5.15 Å². The Labute approximate surface area is 107 Å². The molecule has 0 bridgehead atoms. The van der Waals surface area contributed by atoms with Crippen LogP contribution in [0.5, 0.6) is 0 Å². The van der Waals surface area contributed by atoms with Gasteiger partial charge in [0, 0.05) is 32.1 Å². The van der Waals surface area contributed by atoms with Crippen LogP contribution in [0, 0.1) is 0 Å². The van der Waals surface area contributed by atoms with Gasteiger partial charge in [0.15, 0.2) is 5.82 Å². The topological polar surface area (TPSA) is 33.4 Å². The maximum atomic E-state index is 13.1. The number of fused-ring (bicyclic) bond motifs is 1. The lowest BCUT2D eigenvalue weighted by Crippen LogP contribution is -2.40. The van der Waals surface area contributed by atoms with Gasteiger partial charge in [0.25, 0.3) is 5.92 Å². The van der Waals surface area contributed by atoms with Crippen molar-refractivity contribution in [3.8, 4) is 0 Å². The molecule has 0 spiro atoms. The number of halogens is 3. The molecule has 0 N–H and O–H groups in total. The van der Waals surface area contributed by atoms with Gasteiger partial charge in [0.05, 0.1) is 12.5 Å². The molecule has 0 unspecified atom stereocenters. The molecule has 0 saturated carbocycles. The highest BCUT2D eigenvalue weighted by Crippen LogP contribution is 2.31. The zero-order valence-electron chi connectivity index (χ0n) is 9.48. The van der Waals surface area contributed by atoms with Crippen LogP contribution >= 0.6 is 11.6 Å². The number of piperidine rings is 1. The fraction of sp³-hybridized carbons (Fsp3) is 0.455. The molecule has 1 saturated heterocycles. The zero-order valence-corrected chi connectivity index (χ0v) is 10.2. The van der Waals surface area contributed by atoms with Crippen molar-refractivity contribution in [3.63, 3.8) is 0 Å². The van der Waals surface area contributed by atoms with Crippen molar-refractivity contribution in [3.05, 3.63) is 23.9 Å². The first-order valence-electron chi connectivity index (χ1n) is 5.66. The second-order valence-corrected chi connectivity index (χ2v) is 4.80. The van der Waals surface area contributed by atoms with E-state index in [0.29, 0.717) is 11.0 Å². The predicted molar refractivity (Wildman–Crippen MR) is 64.4 cm³/mol. The van der Waals surface area contributed by atoms with Crippen LogP contribution in [0.1, 0.15) is 12.8 Å². The van der Waals surface area contributed by atoms with Gasteiger partial charge < -0.3 is 4.90 Å². The van der Waals surface area contributed by atoms with E-state index in [1.165, 1.54) is 0 Å². The number of imidazole rings is 1. The summed E-state index contributed by atoms with van der Waals surface area (Å²) in [5, 5.41) is 0.327. The highest BCUT2D eigenvalue weighted by atomic mass is 35.5. The standard InChI is InChI=1S/C11H11ClF2N4/c12-9-6-18-7-15-5-8(18)10(16-9)17-3-1-11(13,14)2-4-17/h5-7H,1-4H2. The molecule has 1 aliphatic rings. The first-order chi connectivity index (χ1) is 8.55. The van der Waals surface area contributed by atoms with E-state index in [2.05, 4.69) is 9.97 Å². The Morgan fingerprint density at radius 1 is 1.28 bits per heavy atom. The van der Waals surface area contributed by atoms with Crippen LogP contribution in [-0.2, 0) is 0 Å². The number of hydrogen-bond donors (Lipinski definition) is 0. The molecule has 0 aromatic carbocycles. The maximum Gasteiger partial charge on any atom is 0.251 e. The number of aromatic nitrogens is 3. The number of rotatable bonds is 1. The van der Waals surface area contributed by atoms with E-state index in [9.17, 15) is 8.78 Å². The van der Waals surface area contributed by atoms with Gasteiger partial charge in [0.2, 0.25) is 0 Å². The van der Waals surface area contributed by atoms with Crippen molar-refractivity contribution in [1.29, 1.82) is 0 Å². The van der Waals surface area contributed by atoms with Crippen LogP contribution in [0.4, 0.5) is 14.6 Å². The monoisotopic (exact) mass is 272 g/mol. The summed E-state index contributed by atoms with van der Waals surface area (Å²) in [6.45, 7) is 0.558. The molecule has 7 heteroatoms. The Kier molecular flexibility index (Phi) is 2.62. The molecule has 0 aliphatic carbocycles. The van der Waals surface area contributed by atoms with Gasteiger partial charge in [-0.1, -0.05) is 11.6 Å². The number of nitrogens with zero attached hydrogens (tertiary/aromatic N) is 4.